The number of aromatic nitrogens is 1. The third-order valence-electron chi connectivity index (χ3n) is 5.60. The molecule has 5 nitrogen and oxygen atoms in total. The maximum absolute atomic E-state index is 12.9. The van der Waals surface area contributed by atoms with Crippen LogP contribution in [0.4, 0.5) is 5.13 Å². The molecule has 2 aliphatic rings. The Morgan fingerprint density at radius 1 is 1.15 bits per heavy atom. The van der Waals surface area contributed by atoms with Gasteiger partial charge in [0.05, 0.1) is 5.69 Å². The number of rotatable bonds is 3. The number of fused-ring (bicyclic) bond motifs is 1. The number of anilines is 1. The number of carbonyl (C=O) groups excluding carboxylic acids is 2. The highest BCUT2D eigenvalue weighted by Gasteiger charge is 2.28. The summed E-state index contributed by atoms with van der Waals surface area (Å²) < 4.78 is 0. The second-order valence-corrected chi connectivity index (χ2v) is 8.40. The number of benzene rings is 1. The third kappa shape index (κ3) is 4.05. The minimum Gasteiger partial charge on any atom is -0.339 e. The largest absolute Gasteiger partial charge is 0.339 e. The number of nitrogens with zero attached hydrogens (tertiary/aromatic N) is 2. The molecule has 1 saturated heterocycles. The number of hydrogen-bond donors (Lipinski definition) is 1. The van der Waals surface area contributed by atoms with Crippen LogP contribution in [0.5, 0.6) is 0 Å². The van der Waals surface area contributed by atoms with E-state index in [0.717, 1.165) is 24.1 Å². The summed E-state index contributed by atoms with van der Waals surface area (Å²) in [5.41, 5.74) is 4.43. The quantitative estimate of drug-likeness (QED) is 0.876. The Hall–Kier alpha value is -2.21. The van der Waals surface area contributed by atoms with Gasteiger partial charge in [-0.25, -0.2) is 4.98 Å². The van der Waals surface area contributed by atoms with Crippen LogP contribution in [-0.4, -0.2) is 34.8 Å². The van der Waals surface area contributed by atoms with Crippen molar-refractivity contribution in [2.24, 2.45) is 5.92 Å². The van der Waals surface area contributed by atoms with Crippen LogP contribution in [0.15, 0.2) is 23.6 Å². The smallest absolute Gasteiger partial charge is 0.253 e. The maximum atomic E-state index is 12.9. The minimum atomic E-state index is -0.0539. The molecule has 1 aromatic carbocycles. The zero-order valence-electron chi connectivity index (χ0n) is 15.7. The van der Waals surface area contributed by atoms with Crippen molar-refractivity contribution in [3.63, 3.8) is 0 Å². The van der Waals surface area contributed by atoms with Crippen LogP contribution in [-0.2, 0) is 17.6 Å². The molecule has 0 atom stereocenters. The van der Waals surface area contributed by atoms with E-state index in [1.165, 1.54) is 35.3 Å². The summed E-state index contributed by atoms with van der Waals surface area (Å²) >= 11 is 1.45. The first-order valence-electron chi connectivity index (χ1n) is 9.74. The van der Waals surface area contributed by atoms with Gasteiger partial charge in [0.25, 0.3) is 5.91 Å². The normalized spacial score (nSPS) is 17.4. The van der Waals surface area contributed by atoms with Crippen LogP contribution < -0.4 is 5.32 Å². The van der Waals surface area contributed by atoms with E-state index in [1.54, 1.807) is 0 Å². The number of aryl methyl sites for hydroxylation is 3. The average molecular weight is 384 g/mol. The van der Waals surface area contributed by atoms with Gasteiger partial charge in [-0.05, 0) is 68.7 Å². The molecule has 6 heteroatoms. The number of likely N-dealkylation sites (tertiary alicyclic amines) is 1. The van der Waals surface area contributed by atoms with Gasteiger partial charge in [-0.3, -0.25) is 9.59 Å². The molecule has 0 saturated carbocycles. The van der Waals surface area contributed by atoms with Crippen molar-refractivity contribution in [2.45, 2.75) is 45.4 Å². The van der Waals surface area contributed by atoms with Crippen molar-refractivity contribution in [1.82, 2.24) is 9.88 Å². The molecule has 1 aliphatic heterocycles. The number of thiazole rings is 1. The lowest BCUT2D eigenvalue weighted by molar-refractivity contribution is -0.121. The Bertz CT molecular complexity index is 853. The monoisotopic (exact) mass is 383 g/mol. The van der Waals surface area contributed by atoms with E-state index >= 15 is 0 Å². The summed E-state index contributed by atoms with van der Waals surface area (Å²) in [5, 5.41) is 5.49. The minimum absolute atomic E-state index is 0.0187. The summed E-state index contributed by atoms with van der Waals surface area (Å²) in [6.07, 6.45) is 6.07. The van der Waals surface area contributed by atoms with Crippen molar-refractivity contribution in [3.8, 4) is 0 Å². The van der Waals surface area contributed by atoms with Gasteiger partial charge in [-0.1, -0.05) is 6.07 Å². The Labute approximate surface area is 163 Å². The van der Waals surface area contributed by atoms with Crippen LogP contribution >= 0.6 is 11.3 Å². The summed E-state index contributed by atoms with van der Waals surface area (Å²) in [4.78, 5) is 31.5. The SMILES string of the molecule is Cc1csc(NC(=O)C2CCN(C(=O)c3ccc4c(c3)CCCC4)CC2)n1. The highest BCUT2D eigenvalue weighted by molar-refractivity contribution is 7.13. The van der Waals surface area contributed by atoms with Gasteiger partial charge >= 0.3 is 0 Å². The summed E-state index contributed by atoms with van der Waals surface area (Å²) in [6.45, 7) is 3.17. The fraction of sp³-hybridized carbons (Fsp3) is 0.476. The Morgan fingerprint density at radius 2 is 1.89 bits per heavy atom. The van der Waals surface area contributed by atoms with Crippen LogP contribution in [0.2, 0.25) is 0 Å². The lowest BCUT2D eigenvalue weighted by atomic mass is 9.90. The van der Waals surface area contributed by atoms with Crippen molar-refractivity contribution >= 4 is 28.3 Å². The number of piperidine rings is 1. The van der Waals surface area contributed by atoms with Crippen LogP contribution in [0.1, 0.15) is 52.9 Å². The van der Waals surface area contributed by atoms with E-state index in [4.69, 9.17) is 0 Å². The second kappa shape index (κ2) is 7.80. The zero-order chi connectivity index (χ0) is 18.8. The lowest BCUT2D eigenvalue weighted by Crippen LogP contribution is -2.41. The molecule has 1 aromatic heterocycles. The van der Waals surface area contributed by atoms with E-state index in [-0.39, 0.29) is 17.7 Å². The lowest BCUT2D eigenvalue weighted by Gasteiger charge is -2.31. The van der Waals surface area contributed by atoms with Crippen LogP contribution in [0, 0.1) is 12.8 Å². The highest BCUT2D eigenvalue weighted by Crippen LogP contribution is 2.25. The van der Waals surface area contributed by atoms with E-state index in [9.17, 15) is 9.59 Å². The third-order valence-corrected chi connectivity index (χ3v) is 6.47. The predicted molar refractivity (Wildman–Crippen MR) is 107 cm³/mol. The molecule has 4 rings (SSSR count). The molecule has 2 amide bonds. The van der Waals surface area contributed by atoms with Gasteiger partial charge in [-0.2, -0.15) is 0 Å². The molecule has 1 N–H and O–H groups in total. The zero-order valence-corrected chi connectivity index (χ0v) is 16.5. The van der Waals surface area contributed by atoms with E-state index < -0.39 is 0 Å². The molecule has 142 valence electrons. The molecule has 0 bridgehead atoms. The van der Waals surface area contributed by atoms with Crippen molar-refractivity contribution in [2.75, 3.05) is 18.4 Å². The summed E-state index contributed by atoms with van der Waals surface area (Å²) in [7, 11) is 0. The summed E-state index contributed by atoms with van der Waals surface area (Å²) in [6, 6.07) is 6.18. The van der Waals surface area contributed by atoms with Gasteiger partial charge in [0, 0.05) is 30.0 Å². The predicted octanol–water partition coefficient (Wildman–Crippen LogP) is 3.82. The average Bonchev–Trinajstić information content (AvgIpc) is 3.11. The first-order valence-corrected chi connectivity index (χ1v) is 10.6. The first-order chi connectivity index (χ1) is 13.1. The molecule has 0 unspecified atom stereocenters. The van der Waals surface area contributed by atoms with Crippen molar-refractivity contribution in [1.29, 1.82) is 0 Å². The fourth-order valence-electron chi connectivity index (χ4n) is 4.01. The standard InChI is InChI=1S/C21H25N3O2S/c1-14-13-27-21(22-14)23-19(25)16-8-10-24(11-9-16)20(26)18-7-6-15-4-2-3-5-17(15)12-18/h6-7,12-13,16H,2-5,8-11H2,1H3,(H,22,23,25). The second-order valence-electron chi connectivity index (χ2n) is 7.54. The molecule has 2 aromatic rings. The highest BCUT2D eigenvalue weighted by atomic mass is 32.1. The van der Waals surface area contributed by atoms with Gasteiger partial charge in [0.2, 0.25) is 5.91 Å². The Kier molecular flexibility index (Phi) is 5.25. The van der Waals surface area contributed by atoms with Gasteiger partial charge < -0.3 is 10.2 Å². The fourth-order valence-corrected chi connectivity index (χ4v) is 4.70. The molecule has 1 aliphatic carbocycles. The Morgan fingerprint density at radius 3 is 2.59 bits per heavy atom. The molecule has 1 fully saturated rings. The number of carbonyl (C=O) groups is 2. The Balaban J connectivity index is 1.34. The molecule has 0 spiro atoms. The number of hydrogen-bond acceptors (Lipinski definition) is 4. The maximum Gasteiger partial charge on any atom is 0.253 e. The van der Waals surface area contributed by atoms with Crippen LogP contribution in [0.3, 0.4) is 0 Å². The topological polar surface area (TPSA) is 62.3 Å². The summed E-state index contributed by atoms with van der Waals surface area (Å²) in [5.74, 6) is 0.0600. The molecule has 2 heterocycles. The van der Waals surface area contributed by atoms with Crippen molar-refractivity contribution < 1.29 is 9.59 Å². The van der Waals surface area contributed by atoms with Gasteiger partial charge in [-0.15, -0.1) is 11.3 Å². The molecular weight excluding hydrogens is 358 g/mol. The van der Waals surface area contributed by atoms with Crippen molar-refractivity contribution in [3.05, 3.63) is 46.0 Å². The van der Waals surface area contributed by atoms with E-state index in [0.29, 0.717) is 31.1 Å². The van der Waals surface area contributed by atoms with Gasteiger partial charge in [0.15, 0.2) is 5.13 Å². The van der Waals surface area contributed by atoms with E-state index in [1.807, 2.05) is 23.3 Å². The van der Waals surface area contributed by atoms with E-state index in [2.05, 4.69) is 22.4 Å². The van der Waals surface area contributed by atoms with Gasteiger partial charge in [0.1, 0.15) is 0 Å². The molecule has 0 radical (unpaired) electrons. The number of nitrogens with one attached hydrogen (secondary N) is 1. The molecular formula is C21H25N3O2S. The number of amides is 2. The molecule has 27 heavy (non-hydrogen) atoms. The van der Waals surface area contributed by atoms with Crippen LogP contribution in [0.25, 0.3) is 0 Å². The first kappa shape index (κ1) is 18.2.